The van der Waals surface area contributed by atoms with Crippen LogP contribution in [0.2, 0.25) is 0 Å². The summed E-state index contributed by atoms with van der Waals surface area (Å²) >= 11 is 3.43. The van der Waals surface area contributed by atoms with Crippen LogP contribution < -0.4 is 5.32 Å². The second-order valence-corrected chi connectivity index (χ2v) is 5.03. The van der Waals surface area contributed by atoms with E-state index >= 15 is 0 Å². The van der Waals surface area contributed by atoms with E-state index in [4.69, 9.17) is 4.52 Å². The smallest absolute Gasteiger partial charge is 0.258 e. The fraction of sp³-hybridized carbons (Fsp3) is 0.333. The molecule has 1 saturated heterocycles. The lowest BCUT2D eigenvalue weighted by molar-refractivity contribution is 0.412. The summed E-state index contributed by atoms with van der Waals surface area (Å²) < 4.78 is 6.30. The van der Waals surface area contributed by atoms with E-state index in [0.717, 1.165) is 28.8 Å². The molecule has 4 nitrogen and oxygen atoms in total. The molecule has 88 valence electrons. The van der Waals surface area contributed by atoms with Gasteiger partial charge in [-0.1, -0.05) is 27.2 Å². The lowest BCUT2D eigenvalue weighted by atomic mass is 10.2. The van der Waals surface area contributed by atoms with Crippen molar-refractivity contribution in [3.63, 3.8) is 0 Å². The molecule has 1 atom stereocenters. The van der Waals surface area contributed by atoms with Gasteiger partial charge in [0, 0.05) is 10.0 Å². The van der Waals surface area contributed by atoms with Crippen LogP contribution in [0.5, 0.6) is 0 Å². The van der Waals surface area contributed by atoms with Gasteiger partial charge in [-0.3, -0.25) is 0 Å². The van der Waals surface area contributed by atoms with Crippen molar-refractivity contribution in [1.29, 1.82) is 0 Å². The third-order valence-electron chi connectivity index (χ3n) is 2.89. The summed E-state index contributed by atoms with van der Waals surface area (Å²) in [5, 5.41) is 7.40. The average molecular weight is 294 g/mol. The summed E-state index contributed by atoms with van der Waals surface area (Å²) in [4.78, 5) is 4.44. The van der Waals surface area contributed by atoms with Gasteiger partial charge in [-0.05, 0) is 37.6 Å². The normalized spacial score (nSPS) is 19.7. The highest BCUT2D eigenvalue weighted by molar-refractivity contribution is 9.10. The molecule has 2 aromatic rings. The first-order chi connectivity index (χ1) is 8.33. The zero-order valence-electron chi connectivity index (χ0n) is 9.19. The minimum Gasteiger partial charge on any atom is -0.334 e. The van der Waals surface area contributed by atoms with E-state index in [1.54, 1.807) is 0 Å². The lowest BCUT2D eigenvalue weighted by Crippen LogP contribution is -2.14. The molecule has 17 heavy (non-hydrogen) atoms. The zero-order chi connectivity index (χ0) is 11.7. The van der Waals surface area contributed by atoms with E-state index in [1.807, 2.05) is 24.3 Å². The highest BCUT2D eigenvalue weighted by Crippen LogP contribution is 2.25. The topological polar surface area (TPSA) is 51.0 Å². The van der Waals surface area contributed by atoms with Gasteiger partial charge in [0.25, 0.3) is 5.89 Å². The standard InChI is InChI=1S/C12H12BrN3O/c13-9-4-1-3-8(7-9)12-15-11(16-17-12)10-5-2-6-14-10/h1,3-4,7,10,14H,2,5-6H2. The van der Waals surface area contributed by atoms with Crippen molar-refractivity contribution < 1.29 is 4.52 Å². The molecule has 1 aromatic carbocycles. The maximum Gasteiger partial charge on any atom is 0.258 e. The van der Waals surface area contributed by atoms with Gasteiger partial charge >= 0.3 is 0 Å². The molecule has 1 N–H and O–H groups in total. The summed E-state index contributed by atoms with van der Waals surface area (Å²) in [6.07, 6.45) is 2.25. The predicted octanol–water partition coefficient (Wildman–Crippen LogP) is 2.92. The molecule has 0 bridgehead atoms. The minimum atomic E-state index is 0.250. The SMILES string of the molecule is Brc1cccc(-c2nc(C3CCCN3)no2)c1. The van der Waals surface area contributed by atoms with Crippen LogP contribution in [-0.4, -0.2) is 16.7 Å². The van der Waals surface area contributed by atoms with E-state index in [1.165, 1.54) is 6.42 Å². The molecule has 0 radical (unpaired) electrons. The third-order valence-corrected chi connectivity index (χ3v) is 3.38. The molecule has 0 amide bonds. The number of benzene rings is 1. The first-order valence-corrected chi connectivity index (χ1v) is 6.45. The van der Waals surface area contributed by atoms with Crippen LogP contribution in [0.4, 0.5) is 0 Å². The Labute approximate surface area is 108 Å². The molecule has 1 fully saturated rings. The number of halogens is 1. The predicted molar refractivity (Wildman–Crippen MR) is 67.4 cm³/mol. The van der Waals surface area contributed by atoms with Gasteiger partial charge in [-0.15, -0.1) is 0 Å². The van der Waals surface area contributed by atoms with Gasteiger partial charge in [0.2, 0.25) is 0 Å². The summed E-state index contributed by atoms with van der Waals surface area (Å²) in [7, 11) is 0. The number of hydrogen-bond donors (Lipinski definition) is 1. The number of nitrogens with one attached hydrogen (secondary N) is 1. The van der Waals surface area contributed by atoms with Gasteiger partial charge in [0.05, 0.1) is 6.04 Å². The van der Waals surface area contributed by atoms with E-state index in [-0.39, 0.29) is 6.04 Å². The molecule has 1 unspecified atom stereocenters. The summed E-state index contributed by atoms with van der Waals surface area (Å²) in [6, 6.07) is 8.11. The Morgan fingerprint density at radius 3 is 3.12 bits per heavy atom. The monoisotopic (exact) mass is 293 g/mol. The Hall–Kier alpha value is -1.20. The molecule has 0 saturated carbocycles. The van der Waals surface area contributed by atoms with Crippen molar-refractivity contribution in [1.82, 2.24) is 15.5 Å². The van der Waals surface area contributed by atoms with Crippen LogP contribution in [-0.2, 0) is 0 Å². The fourth-order valence-electron chi connectivity index (χ4n) is 2.02. The summed E-state index contributed by atoms with van der Waals surface area (Å²) in [5.41, 5.74) is 0.941. The highest BCUT2D eigenvalue weighted by Gasteiger charge is 2.21. The quantitative estimate of drug-likeness (QED) is 0.925. The molecule has 1 aromatic heterocycles. The maximum absolute atomic E-state index is 5.30. The Kier molecular flexibility index (Phi) is 2.94. The molecule has 2 heterocycles. The Bertz CT molecular complexity index is 520. The van der Waals surface area contributed by atoms with Crippen molar-refractivity contribution in [3.05, 3.63) is 34.6 Å². The summed E-state index contributed by atoms with van der Waals surface area (Å²) in [5.74, 6) is 1.34. The van der Waals surface area contributed by atoms with Gasteiger partial charge in [-0.2, -0.15) is 4.98 Å². The molecular formula is C12H12BrN3O. The van der Waals surface area contributed by atoms with Gasteiger partial charge in [-0.25, -0.2) is 0 Å². The van der Waals surface area contributed by atoms with E-state index < -0.39 is 0 Å². The number of hydrogen-bond acceptors (Lipinski definition) is 4. The molecule has 1 aliphatic heterocycles. The van der Waals surface area contributed by atoms with E-state index in [9.17, 15) is 0 Å². The molecule has 0 spiro atoms. The van der Waals surface area contributed by atoms with Crippen LogP contribution in [0.15, 0.2) is 33.3 Å². The maximum atomic E-state index is 5.30. The molecule has 3 rings (SSSR count). The van der Waals surface area contributed by atoms with Crippen LogP contribution in [0.3, 0.4) is 0 Å². The third kappa shape index (κ3) is 2.25. The van der Waals surface area contributed by atoms with Crippen molar-refractivity contribution in [2.45, 2.75) is 18.9 Å². The van der Waals surface area contributed by atoms with Crippen LogP contribution >= 0.6 is 15.9 Å². The molecule has 0 aliphatic carbocycles. The average Bonchev–Trinajstić information content (AvgIpc) is 3.00. The first-order valence-electron chi connectivity index (χ1n) is 5.66. The molecule has 5 heteroatoms. The first kappa shape index (κ1) is 10.9. The van der Waals surface area contributed by atoms with Gasteiger partial charge < -0.3 is 9.84 Å². The van der Waals surface area contributed by atoms with Crippen molar-refractivity contribution in [3.8, 4) is 11.5 Å². The second-order valence-electron chi connectivity index (χ2n) is 4.12. The Morgan fingerprint density at radius 1 is 1.41 bits per heavy atom. The van der Waals surface area contributed by atoms with Crippen LogP contribution in [0.25, 0.3) is 11.5 Å². The van der Waals surface area contributed by atoms with Crippen molar-refractivity contribution in [2.75, 3.05) is 6.54 Å². The zero-order valence-corrected chi connectivity index (χ0v) is 10.8. The van der Waals surface area contributed by atoms with Crippen LogP contribution in [0.1, 0.15) is 24.7 Å². The van der Waals surface area contributed by atoms with E-state index in [2.05, 4.69) is 31.4 Å². The van der Waals surface area contributed by atoms with Crippen LogP contribution in [0, 0.1) is 0 Å². The number of nitrogens with zero attached hydrogens (tertiary/aromatic N) is 2. The van der Waals surface area contributed by atoms with Crippen molar-refractivity contribution in [2.24, 2.45) is 0 Å². The highest BCUT2D eigenvalue weighted by atomic mass is 79.9. The van der Waals surface area contributed by atoms with E-state index in [0.29, 0.717) is 5.89 Å². The number of aromatic nitrogens is 2. The van der Waals surface area contributed by atoms with Gasteiger partial charge in [0.15, 0.2) is 5.82 Å². The Morgan fingerprint density at radius 2 is 2.35 bits per heavy atom. The summed E-state index contributed by atoms with van der Waals surface area (Å²) in [6.45, 7) is 1.03. The number of rotatable bonds is 2. The Balaban J connectivity index is 1.89. The van der Waals surface area contributed by atoms with Gasteiger partial charge in [0.1, 0.15) is 0 Å². The molecule has 1 aliphatic rings. The lowest BCUT2D eigenvalue weighted by Gasteiger charge is -2.01. The molecular weight excluding hydrogens is 282 g/mol. The van der Waals surface area contributed by atoms with Crippen molar-refractivity contribution >= 4 is 15.9 Å². The fourth-order valence-corrected chi connectivity index (χ4v) is 2.42. The second kappa shape index (κ2) is 4.58. The largest absolute Gasteiger partial charge is 0.334 e. The minimum absolute atomic E-state index is 0.250.